The molecule has 8 rings (SSSR count). The van der Waals surface area contributed by atoms with Crippen LogP contribution in [0.25, 0.3) is 77.3 Å². The molecule has 0 saturated heterocycles. The van der Waals surface area contributed by atoms with E-state index in [9.17, 15) is 15.8 Å². The van der Waals surface area contributed by atoms with Crippen molar-refractivity contribution in [3.8, 4) is 51.6 Å². The molecule has 0 fully saturated rings. The highest BCUT2D eigenvalue weighted by Crippen LogP contribution is 2.42. The van der Waals surface area contributed by atoms with Crippen molar-refractivity contribution < 1.29 is 8.83 Å². The number of fused-ring (bicyclic) bond motifs is 6. The van der Waals surface area contributed by atoms with Crippen molar-refractivity contribution in [2.75, 3.05) is 0 Å². The summed E-state index contributed by atoms with van der Waals surface area (Å²) in [6.07, 6.45) is 0. The second kappa shape index (κ2) is 9.74. The molecule has 0 spiro atoms. The van der Waals surface area contributed by atoms with Crippen molar-refractivity contribution >= 4 is 43.9 Å². The molecule has 8 aromatic rings. The van der Waals surface area contributed by atoms with Gasteiger partial charge in [0.2, 0.25) is 0 Å². The van der Waals surface area contributed by atoms with Gasteiger partial charge in [0, 0.05) is 38.2 Å². The Bertz CT molecular complexity index is 2430. The minimum atomic E-state index is 0.381. The van der Waals surface area contributed by atoms with Gasteiger partial charge in [0.05, 0.1) is 28.8 Å². The molecule has 202 valence electrons. The van der Waals surface area contributed by atoms with E-state index in [1.165, 1.54) is 0 Å². The van der Waals surface area contributed by atoms with Gasteiger partial charge in [-0.15, -0.1) is 0 Å². The molecule has 2 heterocycles. The molecule has 0 atom stereocenters. The summed E-state index contributed by atoms with van der Waals surface area (Å²) in [5.41, 5.74) is 8.32. The van der Waals surface area contributed by atoms with Crippen molar-refractivity contribution in [2.24, 2.45) is 0 Å². The van der Waals surface area contributed by atoms with E-state index < -0.39 is 0 Å². The number of benzene rings is 6. The summed E-state index contributed by atoms with van der Waals surface area (Å²) in [6.45, 7) is 0. The minimum absolute atomic E-state index is 0.381. The number of hydrogen-bond donors (Lipinski definition) is 0. The van der Waals surface area contributed by atoms with E-state index in [0.29, 0.717) is 50.1 Å². The summed E-state index contributed by atoms with van der Waals surface area (Å²) in [5, 5.41) is 34.7. The average molecular weight is 562 g/mol. The molecule has 0 N–H and O–H groups in total. The zero-order valence-electron chi connectivity index (χ0n) is 23.1. The molecule has 0 amide bonds. The van der Waals surface area contributed by atoms with E-state index in [2.05, 4.69) is 18.2 Å². The Balaban J connectivity index is 1.43. The molecule has 2 aromatic heterocycles. The second-order valence-electron chi connectivity index (χ2n) is 10.6. The fourth-order valence-electron chi connectivity index (χ4n) is 6.20. The summed E-state index contributed by atoms with van der Waals surface area (Å²) in [7, 11) is 0. The van der Waals surface area contributed by atoms with Gasteiger partial charge in [-0.1, -0.05) is 54.6 Å². The third-order valence-corrected chi connectivity index (χ3v) is 8.22. The summed E-state index contributed by atoms with van der Waals surface area (Å²) in [6, 6.07) is 43.5. The van der Waals surface area contributed by atoms with E-state index in [1.54, 1.807) is 18.2 Å². The van der Waals surface area contributed by atoms with E-state index in [1.807, 2.05) is 97.1 Å². The normalized spacial score (nSPS) is 11.1. The van der Waals surface area contributed by atoms with E-state index >= 15 is 0 Å². The van der Waals surface area contributed by atoms with Crippen LogP contribution in [0.15, 0.2) is 124 Å². The average Bonchev–Trinajstić information content (AvgIpc) is 3.64. The van der Waals surface area contributed by atoms with Crippen molar-refractivity contribution in [3.05, 3.63) is 132 Å². The van der Waals surface area contributed by atoms with Crippen LogP contribution in [0.1, 0.15) is 16.7 Å². The van der Waals surface area contributed by atoms with Gasteiger partial charge in [0.15, 0.2) is 0 Å². The largest absolute Gasteiger partial charge is 0.456 e. The highest BCUT2D eigenvalue weighted by Gasteiger charge is 2.20. The molecule has 0 unspecified atom stereocenters. The first-order valence-corrected chi connectivity index (χ1v) is 14.0. The van der Waals surface area contributed by atoms with Crippen LogP contribution in [0.4, 0.5) is 0 Å². The Morgan fingerprint density at radius 3 is 1.36 bits per heavy atom. The van der Waals surface area contributed by atoms with Gasteiger partial charge in [-0.3, -0.25) is 0 Å². The standard InChI is InChI=1S/C39H19N3O2/c40-20-25-6-5-7-26(21-41)39(25)27-16-32(23-12-14-30-28-8-1-3-10-35(28)43-37(30)18-23)34(22-42)33(17-27)24-13-15-31-29-9-2-4-11-36(29)44-38(31)19-24/h1-19H. The monoisotopic (exact) mass is 561 g/mol. The highest BCUT2D eigenvalue weighted by atomic mass is 16.3. The molecule has 0 radical (unpaired) electrons. The van der Waals surface area contributed by atoms with Gasteiger partial charge < -0.3 is 8.83 Å². The lowest BCUT2D eigenvalue weighted by Crippen LogP contribution is -1.96. The molecular weight excluding hydrogens is 542 g/mol. The Kier molecular flexibility index (Phi) is 5.56. The fraction of sp³-hybridized carbons (Fsp3) is 0. The Morgan fingerprint density at radius 2 is 0.886 bits per heavy atom. The van der Waals surface area contributed by atoms with Gasteiger partial charge in [0.1, 0.15) is 28.4 Å². The van der Waals surface area contributed by atoms with E-state index in [-0.39, 0.29) is 0 Å². The molecule has 5 heteroatoms. The maximum atomic E-state index is 10.6. The summed E-state index contributed by atoms with van der Waals surface area (Å²) >= 11 is 0. The Hall–Kier alpha value is -6.61. The molecule has 44 heavy (non-hydrogen) atoms. The molecular formula is C39H19N3O2. The number of rotatable bonds is 3. The first kappa shape index (κ1) is 25.1. The lowest BCUT2D eigenvalue weighted by Gasteiger charge is -2.16. The lowest BCUT2D eigenvalue weighted by atomic mass is 9.86. The van der Waals surface area contributed by atoms with Crippen LogP contribution in [0, 0.1) is 34.0 Å². The van der Waals surface area contributed by atoms with Gasteiger partial charge >= 0.3 is 0 Å². The number of para-hydroxylation sites is 2. The first-order valence-electron chi connectivity index (χ1n) is 14.0. The van der Waals surface area contributed by atoms with Crippen LogP contribution in [0.3, 0.4) is 0 Å². The predicted molar refractivity (Wildman–Crippen MR) is 171 cm³/mol. The van der Waals surface area contributed by atoms with E-state index in [0.717, 1.165) is 43.8 Å². The topological polar surface area (TPSA) is 97.6 Å². The summed E-state index contributed by atoms with van der Waals surface area (Å²) in [5.74, 6) is 0. The number of hydrogen-bond acceptors (Lipinski definition) is 5. The van der Waals surface area contributed by atoms with Crippen molar-refractivity contribution in [1.29, 1.82) is 15.8 Å². The van der Waals surface area contributed by atoms with Crippen LogP contribution in [-0.4, -0.2) is 0 Å². The van der Waals surface area contributed by atoms with Gasteiger partial charge in [-0.25, -0.2) is 0 Å². The smallest absolute Gasteiger partial charge is 0.136 e. The molecule has 0 aliphatic rings. The van der Waals surface area contributed by atoms with Gasteiger partial charge in [-0.2, -0.15) is 15.8 Å². The van der Waals surface area contributed by atoms with Crippen molar-refractivity contribution in [1.82, 2.24) is 0 Å². The lowest BCUT2D eigenvalue weighted by molar-refractivity contribution is 0.668. The second-order valence-corrected chi connectivity index (χ2v) is 10.6. The minimum Gasteiger partial charge on any atom is -0.456 e. The highest BCUT2D eigenvalue weighted by molar-refractivity contribution is 6.07. The maximum Gasteiger partial charge on any atom is 0.136 e. The molecule has 0 saturated carbocycles. The SMILES string of the molecule is N#Cc1cccc(C#N)c1-c1cc(-c2ccc3c(c2)oc2ccccc23)c(C#N)c(-c2ccc3c(c2)oc2ccccc23)c1. The predicted octanol–water partition coefficient (Wildman–Crippen LogP) is 10.1. The zero-order chi connectivity index (χ0) is 29.8. The molecule has 0 aliphatic carbocycles. The Labute approximate surface area is 251 Å². The zero-order valence-corrected chi connectivity index (χ0v) is 23.1. The molecule has 6 aromatic carbocycles. The van der Waals surface area contributed by atoms with Crippen LogP contribution >= 0.6 is 0 Å². The molecule has 5 nitrogen and oxygen atoms in total. The van der Waals surface area contributed by atoms with Gasteiger partial charge in [0.25, 0.3) is 0 Å². The number of nitriles is 3. The van der Waals surface area contributed by atoms with Crippen molar-refractivity contribution in [2.45, 2.75) is 0 Å². The third kappa shape index (κ3) is 3.77. The number of furan rings is 2. The van der Waals surface area contributed by atoms with Crippen molar-refractivity contribution in [3.63, 3.8) is 0 Å². The fourth-order valence-corrected chi connectivity index (χ4v) is 6.20. The van der Waals surface area contributed by atoms with E-state index in [4.69, 9.17) is 8.83 Å². The summed E-state index contributed by atoms with van der Waals surface area (Å²) in [4.78, 5) is 0. The third-order valence-electron chi connectivity index (χ3n) is 8.22. The van der Waals surface area contributed by atoms with Crippen LogP contribution < -0.4 is 0 Å². The first-order chi connectivity index (χ1) is 21.7. The number of nitrogens with zero attached hydrogens (tertiary/aromatic N) is 3. The van der Waals surface area contributed by atoms with Crippen LogP contribution in [-0.2, 0) is 0 Å². The van der Waals surface area contributed by atoms with Crippen LogP contribution in [0.2, 0.25) is 0 Å². The molecule has 0 bridgehead atoms. The maximum absolute atomic E-state index is 10.6. The quantitative estimate of drug-likeness (QED) is 0.214. The van der Waals surface area contributed by atoms with Crippen LogP contribution in [0.5, 0.6) is 0 Å². The summed E-state index contributed by atoms with van der Waals surface area (Å²) < 4.78 is 12.4. The molecule has 0 aliphatic heterocycles. The Morgan fingerprint density at radius 1 is 0.409 bits per heavy atom. The van der Waals surface area contributed by atoms with Gasteiger partial charge in [-0.05, 0) is 77.4 Å².